The zero-order valence-corrected chi connectivity index (χ0v) is 10.3. The van der Waals surface area contributed by atoms with Gasteiger partial charge in [-0.3, -0.25) is 4.79 Å². The van der Waals surface area contributed by atoms with E-state index < -0.39 is 0 Å². The molecule has 1 aromatic rings. The Morgan fingerprint density at radius 3 is 3.06 bits per heavy atom. The van der Waals surface area contributed by atoms with E-state index in [1.165, 1.54) is 0 Å². The number of amides is 1. The maximum atomic E-state index is 11.3. The minimum atomic E-state index is -0.0302. The summed E-state index contributed by atoms with van der Waals surface area (Å²) in [7, 11) is 1.64. The standard InChI is InChI=1S/C11H19N3O3/c1-9-6-10(17-14-9)7-12-8-11(15)13-4-3-5-16-2/h6,12H,3-5,7-8H2,1-2H3,(H,13,15). The van der Waals surface area contributed by atoms with Gasteiger partial charge in [0, 0.05) is 26.3 Å². The molecule has 0 saturated carbocycles. The topological polar surface area (TPSA) is 76.4 Å². The predicted octanol–water partition coefficient (Wildman–Crippen LogP) is 0.225. The van der Waals surface area contributed by atoms with Crippen LogP contribution in [0.3, 0.4) is 0 Å². The van der Waals surface area contributed by atoms with Gasteiger partial charge in [0.2, 0.25) is 5.91 Å². The molecule has 1 rings (SSSR count). The van der Waals surface area contributed by atoms with E-state index in [2.05, 4.69) is 15.8 Å². The smallest absolute Gasteiger partial charge is 0.233 e. The van der Waals surface area contributed by atoms with E-state index in [1.54, 1.807) is 7.11 Å². The Balaban J connectivity index is 2.04. The maximum Gasteiger partial charge on any atom is 0.233 e. The fourth-order valence-electron chi connectivity index (χ4n) is 1.31. The van der Waals surface area contributed by atoms with E-state index in [1.807, 2.05) is 13.0 Å². The number of hydrogen-bond donors (Lipinski definition) is 2. The lowest BCUT2D eigenvalue weighted by Crippen LogP contribution is -2.34. The Morgan fingerprint density at radius 2 is 2.41 bits per heavy atom. The number of aromatic nitrogens is 1. The van der Waals surface area contributed by atoms with Crippen LogP contribution in [0.25, 0.3) is 0 Å². The summed E-state index contributed by atoms with van der Waals surface area (Å²) in [5.41, 5.74) is 0.839. The quantitative estimate of drug-likeness (QED) is 0.637. The van der Waals surface area contributed by atoms with Crippen molar-refractivity contribution in [2.75, 3.05) is 26.8 Å². The molecule has 6 nitrogen and oxygen atoms in total. The van der Waals surface area contributed by atoms with Gasteiger partial charge in [-0.15, -0.1) is 0 Å². The molecular formula is C11H19N3O3. The lowest BCUT2D eigenvalue weighted by Gasteiger charge is -2.05. The number of carbonyl (C=O) groups excluding carboxylic acids is 1. The molecule has 2 N–H and O–H groups in total. The molecule has 0 aliphatic carbocycles. The summed E-state index contributed by atoms with van der Waals surface area (Å²) in [4.78, 5) is 11.3. The third kappa shape index (κ3) is 6.03. The third-order valence-electron chi connectivity index (χ3n) is 2.11. The number of carbonyl (C=O) groups is 1. The zero-order chi connectivity index (χ0) is 12.5. The third-order valence-corrected chi connectivity index (χ3v) is 2.11. The molecule has 1 heterocycles. The molecule has 0 unspecified atom stereocenters. The summed E-state index contributed by atoms with van der Waals surface area (Å²) in [6.45, 7) is 3.93. The van der Waals surface area contributed by atoms with Gasteiger partial charge in [-0.2, -0.15) is 0 Å². The molecule has 0 aliphatic rings. The van der Waals surface area contributed by atoms with Crippen molar-refractivity contribution < 1.29 is 14.1 Å². The van der Waals surface area contributed by atoms with Gasteiger partial charge in [0.25, 0.3) is 0 Å². The van der Waals surface area contributed by atoms with Crippen LogP contribution in [-0.2, 0) is 16.1 Å². The van der Waals surface area contributed by atoms with Gasteiger partial charge in [-0.05, 0) is 13.3 Å². The first-order valence-electron chi connectivity index (χ1n) is 5.61. The molecule has 0 fully saturated rings. The fourth-order valence-corrected chi connectivity index (χ4v) is 1.31. The van der Waals surface area contributed by atoms with Gasteiger partial charge in [-0.1, -0.05) is 5.16 Å². The Kier molecular flexibility index (Phi) is 6.27. The molecule has 0 bridgehead atoms. The molecule has 0 saturated heterocycles. The first-order chi connectivity index (χ1) is 8.22. The minimum Gasteiger partial charge on any atom is -0.385 e. The van der Waals surface area contributed by atoms with Crippen LogP contribution in [-0.4, -0.2) is 37.9 Å². The molecule has 96 valence electrons. The lowest BCUT2D eigenvalue weighted by atomic mass is 10.4. The molecule has 0 spiro atoms. The van der Waals surface area contributed by atoms with E-state index >= 15 is 0 Å². The number of rotatable bonds is 8. The van der Waals surface area contributed by atoms with Crippen LogP contribution in [0, 0.1) is 6.92 Å². The van der Waals surface area contributed by atoms with E-state index in [0.717, 1.165) is 17.9 Å². The molecule has 0 aromatic carbocycles. The van der Waals surface area contributed by atoms with Gasteiger partial charge in [0.15, 0.2) is 5.76 Å². The first-order valence-corrected chi connectivity index (χ1v) is 5.61. The highest BCUT2D eigenvalue weighted by Gasteiger charge is 2.02. The van der Waals surface area contributed by atoms with Crippen molar-refractivity contribution in [3.63, 3.8) is 0 Å². The van der Waals surface area contributed by atoms with Crippen molar-refractivity contribution in [3.8, 4) is 0 Å². The largest absolute Gasteiger partial charge is 0.385 e. The predicted molar refractivity (Wildman–Crippen MR) is 62.4 cm³/mol. The molecule has 1 amide bonds. The number of ether oxygens (including phenoxy) is 1. The van der Waals surface area contributed by atoms with Gasteiger partial charge < -0.3 is 19.9 Å². The molecule has 0 aliphatic heterocycles. The maximum absolute atomic E-state index is 11.3. The first kappa shape index (κ1) is 13.7. The minimum absolute atomic E-state index is 0.0302. The van der Waals surface area contributed by atoms with Gasteiger partial charge in [-0.25, -0.2) is 0 Å². The second kappa shape index (κ2) is 7.81. The van der Waals surface area contributed by atoms with Crippen LogP contribution in [0.1, 0.15) is 17.9 Å². The molecule has 17 heavy (non-hydrogen) atoms. The fraction of sp³-hybridized carbons (Fsp3) is 0.636. The molecule has 0 radical (unpaired) electrons. The highest BCUT2D eigenvalue weighted by atomic mass is 16.5. The van der Waals surface area contributed by atoms with Crippen LogP contribution in [0.5, 0.6) is 0 Å². The van der Waals surface area contributed by atoms with Crippen molar-refractivity contribution in [3.05, 3.63) is 17.5 Å². The summed E-state index contributed by atoms with van der Waals surface area (Å²) in [5, 5.41) is 9.51. The van der Waals surface area contributed by atoms with Crippen LogP contribution in [0.4, 0.5) is 0 Å². The highest BCUT2D eigenvalue weighted by Crippen LogP contribution is 2.00. The zero-order valence-electron chi connectivity index (χ0n) is 10.3. The van der Waals surface area contributed by atoms with Gasteiger partial charge in [0.05, 0.1) is 18.8 Å². The second-order valence-corrected chi connectivity index (χ2v) is 3.73. The van der Waals surface area contributed by atoms with Crippen molar-refractivity contribution in [1.29, 1.82) is 0 Å². The molecule has 0 atom stereocenters. The monoisotopic (exact) mass is 241 g/mol. The summed E-state index contributed by atoms with van der Waals surface area (Å²) in [5.74, 6) is 0.701. The summed E-state index contributed by atoms with van der Waals surface area (Å²) >= 11 is 0. The Morgan fingerprint density at radius 1 is 1.59 bits per heavy atom. The molecular weight excluding hydrogens is 222 g/mol. The number of aryl methyl sites for hydroxylation is 1. The normalized spacial score (nSPS) is 10.5. The number of nitrogens with one attached hydrogen (secondary N) is 2. The van der Waals surface area contributed by atoms with Crippen molar-refractivity contribution in [1.82, 2.24) is 15.8 Å². The van der Waals surface area contributed by atoms with Crippen molar-refractivity contribution in [2.45, 2.75) is 19.9 Å². The van der Waals surface area contributed by atoms with Crippen molar-refractivity contribution in [2.24, 2.45) is 0 Å². The Hall–Kier alpha value is -1.40. The highest BCUT2D eigenvalue weighted by molar-refractivity contribution is 5.77. The average Bonchev–Trinajstić information content (AvgIpc) is 2.71. The van der Waals surface area contributed by atoms with Crippen molar-refractivity contribution >= 4 is 5.91 Å². The van der Waals surface area contributed by atoms with Crippen LogP contribution < -0.4 is 10.6 Å². The Labute approximate surface area is 101 Å². The van der Waals surface area contributed by atoms with Crippen LogP contribution in [0.2, 0.25) is 0 Å². The summed E-state index contributed by atoms with van der Waals surface area (Å²) < 4.78 is 9.88. The molecule has 6 heteroatoms. The van der Waals surface area contributed by atoms with Gasteiger partial charge in [0.1, 0.15) is 0 Å². The average molecular weight is 241 g/mol. The second-order valence-electron chi connectivity index (χ2n) is 3.73. The SMILES string of the molecule is COCCCNC(=O)CNCc1cc(C)no1. The van der Waals surface area contributed by atoms with Gasteiger partial charge >= 0.3 is 0 Å². The van der Waals surface area contributed by atoms with E-state index in [9.17, 15) is 4.79 Å². The number of hydrogen-bond acceptors (Lipinski definition) is 5. The lowest BCUT2D eigenvalue weighted by molar-refractivity contribution is -0.120. The summed E-state index contributed by atoms with van der Waals surface area (Å²) in [6.07, 6.45) is 0.823. The number of nitrogens with zero attached hydrogens (tertiary/aromatic N) is 1. The summed E-state index contributed by atoms with van der Waals surface area (Å²) in [6, 6.07) is 1.84. The molecule has 1 aromatic heterocycles. The van der Waals surface area contributed by atoms with Crippen LogP contribution >= 0.6 is 0 Å². The Bertz CT molecular complexity index is 338. The van der Waals surface area contributed by atoms with E-state index in [-0.39, 0.29) is 12.5 Å². The van der Waals surface area contributed by atoms with E-state index in [0.29, 0.717) is 19.7 Å². The number of methoxy groups -OCH3 is 1. The van der Waals surface area contributed by atoms with Crippen LogP contribution in [0.15, 0.2) is 10.6 Å². The van der Waals surface area contributed by atoms with E-state index in [4.69, 9.17) is 9.26 Å².